The Morgan fingerprint density at radius 1 is 1.15 bits per heavy atom. The SMILES string of the molecule is CC(C)CC(C)N(C)c1nc(Cl)nc(N2CCCC2)n1. The van der Waals surface area contributed by atoms with Crippen LogP contribution < -0.4 is 9.80 Å². The van der Waals surface area contributed by atoms with Crippen LogP contribution in [0.1, 0.15) is 40.0 Å². The van der Waals surface area contributed by atoms with Crippen LogP contribution in [0.4, 0.5) is 11.9 Å². The summed E-state index contributed by atoms with van der Waals surface area (Å²) in [5.74, 6) is 2.02. The predicted octanol–water partition coefficient (Wildman–Crippen LogP) is 3.00. The van der Waals surface area contributed by atoms with Crippen molar-refractivity contribution in [1.82, 2.24) is 15.0 Å². The van der Waals surface area contributed by atoms with Gasteiger partial charge in [-0.2, -0.15) is 15.0 Å². The number of halogens is 1. The zero-order chi connectivity index (χ0) is 14.7. The second-order valence-electron chi connectivity index (χ2n) is 5.99. The molecule has 1 aliphatic heterocycles. The Labute approximate surface area is 126 Å². The molecule has 2 heterocycles. The number of anilines is 2. The van der Waals surface area contributed by atoms with Crippen LogP contribution in [0.25, 0.3) is 0 Å². The molecule has 112 valence electrons. The number of hydrogen-bond acceptors (Lipinski definition) is 5. The van der Waals surface area contributed by atoms with Gasteiger partial charge in [0.2, 0.25) is 17.2 Å². The van der Waals surface area contributed by atoms with Crippen molar-refractivity contribution in [2.24, 2.45) is 5.92 Å². The van der Waals surface area contributed by atoms with E-state index in [0.29, 0.717) is 23.9 Å². The first-order valence-corrected chi connectivity index (χ1v) is 7.74. The van der Waals surface area contributed by atoms with Gasteiger partial charge in [-0.25, -0.2) is 0 Å². The van der Waals surface area contributed by atoms with Crippen LogP contribution in [0.15, 0.2) is 0 Å². The molecule has 0 spiro atoms. The van der Waals surface area contributed by atoms with Gasteiger partial charge in [-0.3, -0.25) is 0 Å². The van der Waals surface area contributed by atoms with Gasteiger partial charge in [0.15, 0.2) is 0 Å². The summed E-state index contributed by atoms with van der Waals surface area (Å²) >= 11 is 6.07. The molecule has 6 heteroatoms. The van der Waals surface area contributed by atoms with Crippen LogP contribution in [0.3, 0.4) is 0 Å². The average Bonchev–Trinajstić information content (AvgIpc) is 2.90. The third kappa shape index (κ3) is 3.72. The van der Waals surface area contributed by atoms with Crippen LogP contribution in [-0.2, 0) is 0 Å². The molecule has 1 fully saturated rings. The van der Waals surface area contributed by atoms with Crippen molar-refractivity contribution in [3.05, 3.63) is 5.28 Å². The van der Waals surface area contributed by atoms with Crippen LogP contribution in [0.5, 0.6) is 0 Å². The molecule has 1 aliphatic rings. The number of aromatic nitrogens is 3. The lowest BCUT2D eigenvalue weighted by molar-refractivity contribution is 0.499. The normalized spacial score (nSPS) is 16.8. The number of rotatable bonds is 5. The summed E-state index contributed by atoms with van der Waals surface area (Å²) in [5.41, 5.74) is 0. The minimum absolute atomic E-state index is 0.278. The van der Waals surface area contributed by atoms with Gasteiger partial charge in [0.1, 0.15) is 0 Å². The number of nitrogens with zero attached hydrogens (tertiary/aromatic N) is 5. The van der Waals surface area contributed by atoms with E-state index in [1.807, 2.05) is 7.05 Å². The van der Waals surface area contributed by atoms with Gasteiger partial charge in [0, 0.05) is 26.2 Å². The predicted molar refractivity (Wildman–Crippen MR) is 83.6 cm³/mol. The lowest BCUT2D eigenvalue weighted by atomic mass is 10.0. The molecule has 2 rings (SSSR count). The van der Waals surface area contributed by atoms with Crippen molar-refractivity contribution in [1.29, 1.82) is 0 Å². The van der Waals surface area contributed by atoms with Gasteiger partial charge >= 0.3 is 0 Å². The fraction of sp³-hybridized carbons (Fsp3) is 0.786. The molecule has 1 saturated heterocycles. The molecule has 1 aromatic heterocycles. The summed E-state index contributed by atoms with van der Waals surface area (Å²) in [6, 6.07) is 0.375. The van der Waals surface area contributed by atoms with E-state index < -0.39 is 0 Å². The quantitative estimate of drug-likeness (QED) is 0.836. The molecule has 0 N–H and O–H groups in total. The first-order chi connectivity index (χ1) is 9.47. The van der Waals surface area contributed by atoms with Crippen LogP contribution in [0, 0.1) is 5.92 Å². The summed E-state index contributed by atoms with van der Waals surface area (Å²) in [6.07, 6.45) is 3.48. The van der Waals surface area contributed by atoms with E-state index in [9.17, 15) is 0 Å². The summed E-state index contributed by atoms with van der Waals surface area (Å²) in [4.78, 5) is 17.4. The Morgan fingerprint density at radius 3 is 2.40 bits per heavy atom. The molecule has 0 saturated carbocycles. The highest BCUT2D eigenvalue weighted by Crippen LogP contribution is 2.22. The Bertz CT molecular complexity index is 445. The van der Waals surface area contributed by atoms with Gasteiger partial charge in [-0.05, 0) is 43.7 Å². The maximum atomic E-state index is 6.07. The summed E-state index contributed by atoms with van der Waals surface area (Å²) < 4.78 is 0. The van der Waals surface area contributed by atoms with Crippen molar-refractivity contribution in [2.45, 2.75) is 46.1 Å². The van der Waals surface area contributed by atoms with E-state index in [2.05, 4.69) is 45.5 Å². The Kier molecular flexibility index (Phi) is 5.02. The highest BCUT2D eigenvalue weighted by Gasteiger charge is 2.20. The molecule has 20 heavy (non-hydrogen) atoms. The first kappa shape index (κ1) is 15.3. The van der Waals surface area contributed by atoms with E-state index in [-0.39, 0.29) is 5.28 Å². The first-order valence-electron chi connectivity index (χ1n) is 7.36. The maximum absolute atomic E-state index is 6.07. The fourth-order valence-electron chi connectivity index (χ4n) is 2.58. The van der Waals surface area contributed by atoms with Crippen LogP contribution >= 0.6 is 11.6 Å². The molecule has 5 nitrogen and oxygen atoms in total. The van der Waals surface area contributed by atoms with Crippen molar-refractivity contribution in [3.8, 4) is 0 Å². The largest absolute Gasteiger partial charge is 0.341 e. The molecular formula is C14H24ClN5. The zero-order valence-corrected chi connectivity index (χ0v) is 13.6. The second-order valence-corrected chi connectivity index (χ2v) is 6.33. The molecule has 1 unspecified atom stereocenters. The molecule has 0 aromatic carbocycles. The van der Waals surface area contributed by atoms with Gasteiger partial charge in [0.05, 0.1) is 0 Å². The molecule has 0 amide bonds. The topological polar surface area (TPSA) is 45.2 Å². The lowest BCUT2D eigenvalue weighted by Gasteiger charge is -2.27. The van der Waals surface area contributed by atoms with Gasteiger partial charge in [0.25, 0.3) is 0 Å². The third-order valence-corrected chi connectivity index (χ3v) is 3.93. The van der Waals surface area contributed by atoms with Crippen molar-refractivity contribution >= 4 is 23.5 Å². The van der Waals surface area contributed by atoms with E-state index in [0.717, 1.165) is 19.5 Å². The highest BCUT2D eigenvalue weighted by molar-refractivity contribution is 6.28. The van der Waals surface area contributed by atoms with Crippen molar-refractivity contribution < 1.29 is 0 Å². The Hall–Kier alpha value is -1.10. The number of hydrogen-bond donors (Lipinski definition) is 0. The third-order valence-electron chi connectivity index (χ3n) is 3.76. The van der Waals surface area contributed by atoms with Crippen molar-refractivity contribution in [2.75, 3.05) is 29.9 Å². The van der Waals surface area contributed by atoms with E-state index in [1.165, 1.54) is 12.8 Å². The molecule has 0 aliphatic carbocycles. The minimum atomic E-state index is 0.278. The van der Waals surface area contributed by atoms with Gasteiger partial charge < -0.3 is 9.80 Å². The van der Waals surface area contributed by atoms with E-state index in [4.69, 9.17) is 11.6 Å². The smallest absolute Gasteiger partial charge is 0.231 e. The summed E-state index contributed by atoms with van der Waals surface area (Å²) in [5, 5.41) is 0.278. The van der Waals surface area contributed by atoms with E-state index >= 15 is 0 Å². The zero-order valence-electron chi connectivity index (χ0n) is 12.8. The molecule has 1 aromatic rings. The molecular weight excluding hydrogens is 274 g/mol. The fourth-order valence-corrected chi connectivity index (χ4v) is 2.73. The van der Waals surface area contributed by atoms with Gasteiger partial charge in [-0.1, -0.05) is 13.8 Å². The Balaban J connectivity index is 2.18. The lowest BCUT2D eigenvalue weighted by Crippen LogP contribution is -2.32. The summed E-state index contributed by atoms with van der Waals surface area (Å²) in [6.45, 7) is 8.64. The average molecular weight is 298 g/mol. The standard InChI is InChI=1S/C14H24ClN5/c1-10(2)9-11(3)19(4)13-16-12(15)17-14(18-13)20-7-5-6-8-20/h10-11H,5-9H2,1-4H3. The van der Waals surface area contributed by atoms with Crippen molar-refractivity contribution in [3.63, 3.8) is 0 Å². The summed E-state index contributed by atoms with van der Waals surface area (Å²) in [7, 11) is 2.02. The molecule has 0 bridgehead atoms. The van der Waals surface area contributed by atoms with Crippen LogP contribution in [0.2, 0.25) is 5.28 Å². The second kappa shape index (κ2) is 6.57. The maximum Gasteiger partial charge on any atom is 0.231 e. The van der Waals surface area contributed by atoms with E-state index in [1.54, 1.807) is 0 Å². The minimum Gasteiger partial charge on any atom is -0.341 e. The molecule has 0 radical (unpaired) electrons. The molecule has 1 atom stereocenters. The Morgan fingerprint density at radius 2 is 1.80 bits per heavy atom. The van der Waals surface area contributed by atoms with Crippen LogP contribution in [-0.4, -0.2) is 41.1 Å². The monoisotopic (exact) mass is 297 g/mol. The van der Waals surface area contributed by atoms with Gasteiger partial charge in [-0.15, -0.1) is 0 Å². The highest BCUT2D eigenvalue weighted by atomic mass is 35.5.